The molecule has 0 aromatic rings. The first-order valence-electron chi connectivity index (χ1n) is 22.6. The van der Waals surface area contributed by atoms with Crippen molar-refractivity contribution < 1.29 is 109 Å². The van der Waals surface area contributed by atoms with Crippen molar-refractivity contribution in [2.24, 2.45) is 17.8 Å². The SMILES string of the molecule is COC1CCC(C=CC(=O)OC[C@H]2O[C@@H](OC[C@H]3O[C@@H](OC4CC5C(O)CC(O)CC5OC4C4CCC(O)C(O)C4)[C@H](O[C@@H]4OC[C@@H](O)[C@H](O)[C@H]4O)[C@@H](O)[C@H]3O)[C@H](O)[C@@H](O)[C@@H]2O)CC1. The maximum Gasteiger partial charge on any atom is 0.330 e. The minimum atomic E-state index is -1.90. The zero-order valence-corrected chi connectivity index (χ0v) is 35.7. The van der Waals surface area contributed by atoms with Crippen LogP contribution in [0.25, 0.3) is 0 Å². The zero-order valence-electron chi connectivity index (χ0n) is 35.7. The largest absolute Gasteiger partial charge is 0.460 e. The van der Waals surface area contributed by atoms with Crippen molar-refractivity contribution in [2.75, 3.05) is 26.9 Å². The summed E-state index contributed by atoms with van der Waals surface area (Å²) in [7, 11) is 1.66. The summed E-state index contributed by atoms with van der Waals surface area (Å²) in [6.07, 6.45) is -22.1. The molecular weight excluding hydrogens is 856 g/mol. The van der Waals surface area contributed by atoms with Gasteiger partial charge in [0.1, 0.15) is 73.8 Å². The van der Waals surface area contributed by atoms with Crippen LogP contribution in [0.3, 0.4) is 0 Å². The predicted molar refractivity (Wildman–Crippen MR) is 211 cm³/mol. The van der Waals surface area contributed by atoms with Gasteiger partial charge in [0.2, 0.25) is 0 Å². The summed E-state index contributed by atoms with van der Waals surface area (Å²) in [4.78, 5) is 12.6. The second kappa shape index (κ2) is 22.2. The number of hydrogen-bond donors (Lipinski definition) is 12. The quantitative estimate of drug-likeness (QED) is 0.0613. The van der Waals surface area contributed by atoms with Gasteiger partial charge in [-0.2, -0.15) is 0 Å². The molecule has 4 aliphatic heterocycles. The average Bonchev–Trinajstić information content (AvgIpc) is 3.28. The molecule has 0 aromatic carbocycles. The van der Waals surface area contributed by atoms with E-state index in [0.29, 0.717) is 6.42 Å². The van der Waals surface area contributed by atoms with Crippen molar-refractivity contribution in [2.45, 2.75) is 199 Å². The molecule has 23 atom stereocenters. The van der Waals surface area contributed by atoms with Gasteiger partial charge >= 0.3 is 5.97 Å². The molecule has 7 fully saturated rings. The van der Waals surface area contributed by atoms with Crippen LogP contribution in [0.1, 0.15) is 64.2 Å². The number of aliphatic hydroxyl groups is 12. The number of rotatable bonds is 13. The predicted octanol–water partition coefficient (Wildman–Crippen LogP) is -4.42. The van der Waals surface area contributed by atoms with Gasteiger partial charge in [-0.25, -0.2) is 4.79 Å². The molecule has 7 aliphatic rings. The molecule has 64 heavy (non-hydrogen) atoms. The Labute approximate surface area is 370 Å². The highest BCUT2D eigenvalue weighted by atomic mass is 16.8. The lowest BCUT2D eigenvalue weighted by Gasteiger charge is -2.51. The van der Waals surface area contributed by atoms with Crippen LogP contribution in [0.4, 0.5) is 0 Å². The van der Waals surface area contributed by atoms with Crippen LogP contribution in [0, 0.1) is 17.8 Å². The van der Waals surface area contributed by atoms with E-state index in [1.54, 1.807) is 13.2 Å². The first kappa shape index (κ1) is 50.3. The number of carbonyl (C=O) groups is 1. The van der Waals surface area contributed by atoms with Gasteiger partial charge in [-0.3, -0.25) is 0 Å². The number of carbonyl (C=O) groups excluding carboxylic acids is 1. The summed E-state index contributed by atoms with van der Waals surface area (Å²) in [5.41, 5.74) is 0. The van der Waals surface area contributed by atoms with Gasteiger partial charge in [-0.05, 0) is 76.0 Å². The van der Waals surface area contributed by atoms with Crippen LogP contribution in [0.2, 0.25) is 0 Å². The molecule has 0 radical (unpaired) electrons. The minimum absolute atomic E-state index is 0.0783. The normalized spacial score (nSPS) is 50.5. The molecule has 0 amide bonds. The number of hydrogen-bond acceptors (Lipinski definition) is 22. The number of esters is 1. The highest BCUT2D eigenvalue weighted by Crippen LogP contribution is 2.44. The Kier molecular flexibility index (Phi) is 17.5. The second-order valence-electron chi connectivity index (χ2n) is 18.6. The van der Waals surface area contributed by atoms with E-state index in [0.717, 1.165) is 25.7 Å². The van der Waals surface area contributed by atoms with E-state index in [2.05, 4.69) is 0 Å². The Morgan fingerprint density at radius 1 is 0.609 bits per heavy atom. The molecule has 3 saturated carbocycles. The lowest BCUT2D eigenvalue weighted by Crippen LogP contribution is -2.65. The van der Waals surface area contributed by atoms with Gasteiger partial charge in [0.15, 0.2) is 18.9 Å². The third-order valence-electron chi connectivity index (χ3n) is 14.2. The minimum Gasteiger partial charge on any atom is -0.460 e. The van der Waals surface area contributed by atoms with Gasteiger partial charge in [0, 0.05) is 19.1 Å². The van der Waals surface area contributed by atoms with Crippen molar-refractivity contribution in [3.63, 3.8) is 0 Å². The summed E-state index contributed by atoms with van der Waals surface area (Å²) in [6.45, 7) is -1.64. The summed E-state index contributed by atoms with van der Waals surface area (Å²) < 4.78 is 52.9. The Balaban J connectivity index is 1.05. The fourth-order valence-corrected chi connectivity index (χ4v) is 10.3. The lowest BCUT2D eigenvalue weighted by molar-refractivity contribution is -0.376. The molecule has 3 aliphatic carbocycles. The first-order chi connectivity index (χ1) is 30.5. The molecule has 0 aromatic heterocycles. The van der Waals surface area contributed by atoms with E-state index in [4.69, 9.17) is 42.6 Å². The highest BCUT2D eigenvalue weighted by Gasteiger charge is 2.55. The summed E-state index contributed by atoms with van der Waals surface area (Å²) >= 11 is 0. The van der Waals surface area contributed by atoms with Gasteiger partial charge in [-0.15, -0.1) is 0 Å². The van der Waals surface area contributed by atoms with E-state index in [1.807, 2.05) is 0 Å². The monoisotopic (exact) mass is 924 g/mol. The number of aliphatic hydroxyl groups excluding tert-OH is 12. The molecule has 7 rings (SSSR count). The second-order valence-corrected chi connectivity index (χ2v) is 18.6. The fraction of sp³-hybridized carbons (Fsp3) is 0.929. The van der Waals surface area contributed by atoms with Crippen LogP contribution < -0.4 is 0 Å². The molecule has 22 heteroatoms. The lowest BCUT2D eigenvalue weighted by atomic mass is 9.72. The molecule has 9 unspecified atom stereocenters. The number of methoxy groups -OCH3 is 1. The number of fused-ring (bicyclic) bond motifs is 1. The molecule has 22 nitrogen and oxygen atoms in total. The fourth-order valence-electron chi connectivity index (χ4n) is 10.3. The molecule has 0 bridgehead atoms. The number of allylic oxidation sites excluding steroid dienone is 1. The van der Waals surface area contributed by atoms with Crippen molar-refractivity contribution in [1.82, 2.24) is 0 Å². The maximum absolute atomic E-state index is 12.6. The summed E-state index contributed by atoms with van der Waals surface area (Å²) in [5.74, 6) is -1.48. The van der Waals surface area contributed by atoms with E-state index in [9.17, 15) is 66.1 Å². The third kappa shape index (κ3) is 11.6. The first-order valence-corrected chi connectivity index (χ1v) is 22.6. The van der Waals surface area contributed by atoms with Gasteiger partial charge in [0.25, 0.3) is 0 Å². The van der Waals surface area contributed by atoms with E-state index < -0.39 is 166 Å². The zero-order chi connectivity index (χ0) is 46.0. The number of ether oxygens (including phenoxy) is 9. The molecule has 0 spiro atoms. The molecular formula is C42H68O22. The van der Waals surface area contributed by atoms with Crippen molar-refractivity contribution in [3.8, 4) is 0 Å². The average molecular weight is 925 g/mol. The maximum atomic E-state index is 12.6. The van der Waals surface area contributed by atoms with Crippen LogP contribution in [0.5, 0.6) is 0 Å². The van der Waals surface area contributed by atoms with Crippen LogP contribution in [-0.2, 0) is 47.4 Å². The standard InChI is InChI=1S/C42H68O22/c1-56-20-6-2-17(3-7-20)4-9-30(48)57-15-28-32(50)34(52)37(55)40(62-28)59-16-29-33(51)35(53)39(64-41-36(54)31(49)25(47)14-58-41)42(63-29)61-27-13-21-23(45)11-19(43)12-26(21)60-38(27)18-5-8-22(44)24(46)10-18/h4,9,17-29,31-47,49-55H,2-3,5-8,10-16H2,1H3/t17?,18?,19?,20?,21?,22?,23?,24?,25-,26?,27?,28-,29-,31+,32-,33+,34+,35+,36-,37-,38?,39-,40-,41+,42-/m1/s1. The van der Waals surface area contributed by atoms with Gasteiger partial charge in [-0.1, -0.05) is 6.08 Å². The van der Waals surface area contributed by atoms with Gasteiger partial charge < -0.3 is 104 Å². The van der Waals surface area contributed by atoms with Crippen LogP contribution in [-0.4, -0.2) is 229 Å². The third-order valence-corrected chi connectivity index (χ3v) is 14.2. The summed E-state index contributed by atoms with van der Waals surface area (Å²) in [6, 6.07) is 0. The Morgan fingerprint density at radius 3 is 2.02 bits per heavy atom. The smallest absolute Gasteiger partial charge is 0.330 e. The Bertz CT molecular complexity index is 1500. The van der Waals surface area contributed by atoms with Crippen molar-refractivity contribution >= 4 is 5.97 Å². The Hall–Kier alpha value is -1.59. The molecule has 368 valence electrons. The molecule has 12 N–H and O–H groups in total. The van der Waals surface area contributed by atoms with Crippen molar-refractivity contribution in [3.05, 3.63) is 12.2 Å². The van der Waals surface area contributed by atoms with Crippen LogP contribution in [0.15, 0.2) is 12.2 Å². The molecule has 4 saturated heterocycles. The topological polar surface area (TPSA) is 343 Å². The van der Waals surface area contributed by atoms with E-state index in [-0.39, 0.29) is 44.1 Å². The van der Waals surface area contributed by atoms with Crippen LogP contribution >= 0.6 is 0 Å². The Morgan fingerprint density at radius 2 is 1.30 bits per heavy atom. The highest BCUT2D eigenvalue weighted by molar-refractivity contribution is 5.81. The van der Waals surface area contributed by atoms with Crippen molar-refractivity contribution in [1.29, 1.82) is 0 Å². The molecule has 4 heterocycles. The van der Waals surface area contributed by atoms with Gasteiger partial charge in [0.05, 0.1) is 62.0 Å². The van der Waals surface area contributed by atoms with E-state index in [1.165, 1.54) is 6.08 Å². The van der Waals surface area contributed by atoms with E-state index >= 15 is 0 Å². The summed E-state index contributed by atoms with van der Waals surface area (Å²) in [5, 5.41) is 129.